The first-order valence-electron chi connectivity index (χ1n) is 10.5. The first-order chi connectivity index (χ1) is 15.0. The van der Waals surface area contributed by atoms with Gasteiger partial charge in [0.25, 0.3) is 11.5 Å². The third-order valence-corrected chi connectivity index (χ3v) is 6.87. The number of benzene rings is 1. The number of fused-ring (bicyclic) bond motifs is 2. The summed E-state index contributed by atoms with van der Waals surface area (Å²) in [7, 11) is 0. The molecule has 0 radical (unpaired) electrons. The first kappa shape index (κ1) is 21.0. The number of carbonyl (C=O) groups excluding carboxylic acids is 1. The number of hydrogen-bond acceptors (Lipinski definition) is 5. The zero-order chi connectivity index (χ0) is 22.0. The van der Waals surface area contributed by atoms with Gasteiger partial charge in [-0.15, -0.1) is 17.9 Å². The molecule has 31 heavy (non-hydrogen) atoms. The van der Waals surface area contributed by atoms with Gasteiger partial charge in [-0.1, -0.05) is 24.6 Å². The summed E-state index contributed by atoms with van der Waals surface area (Å²) in [5, 5.41) is 9.55. The minimum atomic E-state index is -0.135. The molecular formula is C24H24N4O2S. The van der Waals surface area contributed by atoms with Crippen LogP contribution in [0.5, 0.6) is 0 Å². The van der Waals surface area contributed by atoms with Gasteiger partial charge >= 0.3 is 0 Å². The minimum Gasteiger partial charge on any atom is -0.330 e. The number of rotatable bonds is 5. The van der Waals surface area contributed by atoms with Crippen LogP contribution in [0.1, 0.15) is 51.4 Å². The lowest BCUT2D eigenvalue weighted by atomic mass is 10.1. The van der Waals surface area contributed by atoms with Crippen molar-refractivity contribution >= 4 is 27.5 Å². The Morgan fingerprint density at radius 3 is 2.81 bits per heavy atom. The Kier molecular flexibility index (Phi) is 6.01. The molecule has 6 nitrogen and oxygen atoms in total. The monoisotopic (exact) mass is 432 g/mol. The summed E-state index contributed by atoms with van der Waals surface area (Å²) in [5.41, 5.74) is 2.18. The van der Waals surface area contributed by atoms with E-state index in [-0.39, 0.29) is 11.5 Å². The van der Waals surface area contributed by atoms with Gasteiger partial charge in [-0.05, 0) is 43.0 Å². The van der Waals surface area contributed by atoms with Crippen molar-refractivity contribution in [2.75, 3.05) is 6.54 Å². The van der Waals surface area contributed by atoms with Crippen LogP contribution in [0, 0.1) is 18.3 Å². The standard InChI is InChI=1S/C24H24N4O2S/c1-3-12-27(15-18-10-8-17(14-25)9-11-18)24(30)21-16(2)20-22(31-21)26-19-7-5-4-6-13-28(19)23(20)29/h3,8-11H,1,4-7,12-13,15H2,2H3. The number of nitriles is 1. The lowest BCUT2D eigenvalue weighted by Crippen LogP contribution is -2.30. The third kappa shape index (κ3) is 4.04. The van der Waals surface area contributed by atoms with E-state index in [1.165, 1.54) is 11.3 Å². The Bertz CT molecular complexity index is 1250. The van der Waals surface area contributed by atoms with E-state index >= 15 is 0 Å². The van der Waals surface area contributed by atoms with Crippen molar-refractivity contribution in [1.29, 1.82) is 5.26 Å². The van der Waals surface area contributed by atoms with Crippen LogP contribution in [-0.2, 0) is 19.5 Å². The molecule has 3 aromatic rings. The van der Waals surface area contributed by atoms with Crippen LogP contribution in [0.4, 0.5) is 0 Å². The molecule has 0 N–H and O–H groups in total. The number of aromatic nitrogens is 2. The molecule has 7 heteroatoms. The maximum Gasteiger partial charge on any atom is 0.264 e. The van der Waals surface area contributed by atoms with Crippen molar-refractivity contribution in [3.63, 3.8) is 0 Å². The van der Waals surface area contributed by atoms with Crippen LogP contribution in [-0.4, -0.2) is 26.9 Å². The highest BCUT2D eigenvalue weighted by molar-refractivity contribution is 7.20. The second kappa shape index (κ2) is 8.86. The molecule has 1 aliphatic heterocycles. The average molecular weight is 433 g/mol. The molecule has 1 aliphatic rings. The van der Waals surface area contributed by atoms with Gasteiger partial charge in [-0.3, -0.25) is 14.2 Å². The van der Waals surface area contributed by atoms with Gasteiger partial charge in [0, 0.05) is 26.1 Å². The smallest absolute Gasteiger partial charge is 0.264 e. The zero-order valence-electron chi connectivity index (χ0n) is 17.6. The highest BCUT2D eigenvalue weighted by Gasteiger charge is 2.25. The molecule has 158 valence electrons. The van der Waals surface area contributed by atoms with Crippen molar-refractivity contribution in [3.8, 4) is 6.07 Å². The Morgan fingerprint density at radius 2 is 2.10 bits per heavy atom. The number of nitrogens with zero attached hydrogens (tertiary/aromatic N) is 4. The fourth-order valence-corrected chi connectivity index (χ4v) is 5.20. The summed E-state index contributed by atoms with van der Waals surface area (Å²) in [5.74, 6) is 0.695. The van der Waals surface area contributed by atoms with Gasteiger partial charge in [0.2, 0.25) is 0 Å². The number of carbonyl (C=O) groups is 1. The van der Waals surface area contributed by atoms with Crippen molar-refractivity contribution < 1.29 is 4.79 Å². The maximum atomic E-state index is 13.4. The normalized spacial score (nSPS) is 13.3. The molecule has 1 amide bonds. The van der Waals surface area contributed by atoms with Gasteiger partial charge < -0.3 is 4.90 Å². The van der Waals surface area contributed by atoms with Crippen LogP contribution >= 0.6 is 11.3 Å². The van der Waals surface area contributed by atoms with Gasteiger partial charge in [-0.2, -0.15) is 5.26 Å². The summed E-state index contributed by atoms with van der Waals surface area (Å²) in [6.45, 7) is 7.10. The molecule has 0 saturated carbocycles. The SMILES string of the molecule is C=CCN(Cc1ccc(C#N)cc1)C(=O)c1sc2nc3n(c(=O)c2c1C)CCCCC3. The van der Waals surface area contributed by atoms with E-state index in [0.717, 1.165) is 37.1 Å². The zero-order valence-corrected chi connectivity index (χ0v) is 18.4. The summed E-state index contributed by atoms with van der Waals surface area (Å²) in [4.78, 5) is 34.3. The molecule has 0 unspecified atom stereocenters. The maximum absolute atomic E-state index is 13.4. The van der Waals surface area contributed by atoms with Crippen molar-refractivity contribution in [2.45, 2.75) is 45.7 Å². The van der Waals surface area contributed by atoms with Crippen molar-refractivity contribution in [2.24, 2.45) is 0 Å². The van der Waals surface area contributed by atoms with E-state index in [1.54, 1.807) is 27.7 Å². The molecule has 0 aliphatic carbocycles. The molecule has 0 spiro atoms. The van der Waals surface area contributed by atoms with E-state index in [1.807, 2.05) is 19.1 Å². The van der Waals surface area contributed by atoms with E-state index in [0.29, 0.717) is 45.9 Å². The molecule has 0 fully saturated rings. The molecular weight excluding hydrogens is 408 g/mol. The van der Waals surface area contributed by atoms with Gasteiger partial charge in [0.1, 0.15) is 10.7 Å². The van der Waals surface area contributed by atoms with Gasteiger partial charge in [0.05, 0.1) is 21.9 Å². The first-order valence-corrected chi connectivity index (χ1v) is 11.3. The van der Waals surface area contributed by atoms with Crippen LogP contribution < -0.4 is 5.56 Å². The molecule has 4 rings (SSSR count). The second-order valence-electron chi connectivity index (χ2n) is 7.81. The number of hydrogen-bond donors (Lipinski definition) is 0. The lowest BCUT2D eigenvalue weighted by molar-refractivity contribution is 0.0767. The lowest BCUT2D eigenvalue weighted by Gasteiger charge is -2.21. The number of thiophene rings is 1. The van der Waals surface area contributed by atoms with Crippen molar-refractivity contribution in [3.05, 3.63) is 74.7 Å². The third-order valence-electron chi connectivity index (χ3n) is 5.70. The van der Waals surface area contributed by atoms with Gasteiger partial charge in [-0.25, -0.2) is 4.98 Å². The van der Waals surface area contributed by atoms with E-state index in [4.69, 9.17) is 10.2 Å². The molecule has 0 bridgehead atoms. The topological polar surface area (TPSA) is 79.0 Å². The molecule has 1 aromatic carbocycles. The number of amides is 1. The Hall–Kier alpha value is -3.24. The summed E-state index contributed by atoms with van der Waals surface area (Å²) < 4.78 is 1.79. The predicted octanol–water partition coefficient (Wildman–Crippen LogP) is 4.19. The Balaban J connectivity index is 1.71. The van der Waals surface area contributed by atoms with Gasteiger partial charge in [0.15, 0.2) is 0 Å². The average Bonchev–Trinajstić information content (AvgIpc) is 2.94. The van der Waals surface area contributed by atoms with Crippen LogP contribution in [0.2, 0.25) is 0 Å². The highest BCUT2D eigenvalue weighted by atomic mass is 32.1. The molecule has 3 heterocycles. The Morgan fingerprint density at radius 1 is 1.32 bits per heavy atom. The molecule has 0 saturated heterocycles. The summed E-state index contributed by atoms with van der Waals surface area (Å²) in [6, 6.07) is 9.30. The quantitative estimate of drug-likeness (QED) is 0.566. The summed E-state index contributed by atoms with van der Waals surface area (Å²) in [6.07, 6.45) is 5.61. The molecule has 2 aromatic heterocycles. The molecule has 0 atom stereocenters. The van der Waals surface area contributed by atoms with Crippen molar-refractivity contribution in [1.82, 2.24) is 14.5 Å². The Labute approximate surface area is 185 Å². The fourth-order valence-electron chi connectivity index (χ4n) is 4.04. The second-order valence-corrected chi connectivity index (χ2v) is 8.81. The number of aryl methyl sites for hydroxylation is 2. The van der Waals surface area contributed by atoms with E-state index < -0.39 is 0 Å². The minimum absolute atomic E-state index is 0.0305. The predicted molar refractivity (Wildman–Crippen MR) is 122 cm³/mol. The fraction of sp³-hybridized carbons (Fsp3) is 0.333. The summed E-state index contributed by atoms with van der Waals surface area (Å²) >= 11 is 1.30. The van der Waals surface area contributed by atoms with E-state index in [9.17, 15) is 9.59 Å². The van der Waals surface area contributed by atoms with Crippen LogP contribution in [0.15, 0.2) is 41.7 Å². The van der Waals surface area contributed by atoms with E-state index in [2.05, 4.69) is 12.6 Å². The van der Waals surface area contributed by atoms with Crippen LogP contribution in [0.25, 0.3) is 10.2 Å². The van der Waals surface area contributed by atoms with Crippen LogP contribution in [0.3, 0.4) is 0 Å². The highest BCUT2D eigenvalue weighted by Crippen LogP contribution is 2.30. The largest absolute Gasteiger partial charge is 0.330 e.